The first-order valence-corrected chi connectivity index (χ1v) is 9.11. The number of amides is 1. The molecule has 2 aliphatic heterocycles. The highest BCUT2D eigenvalue weighted by molar-refractivity contribution is 5.79. The highest BCUT2D eigenvalue weighted by Gasteiger charge is 2.37. The van der Waals surface area contributed by atoms with Gasteiger partial charge in [-0.1, -0.05) is 42.5 Å². The van der Waals surface area contributed by atoms with Gasteiger partial charge in [0.15, 0.2) is 0 Å². The molecule has 2 aliphatic rings. The first-order chi connectivity index (χ1) is 12.7. The predicted molar refractivity (Wildman–Crippen MR) is 97.2 cm³/mol. The molecule has 0 bridgehead atoms. The molecular formula is C21H23FN2O2. The van der Waals surface area contributed by atoms with Gasteiger partial charge in [0.25, 0.3) is 0 Å². The molecule has 0 radical (unpaired) electrons. The molecule has 4 nitrogen and oxygen atoms in total. The molecule has 2 fully saturated rings. The first-order valence-electron chi connectivity index (χ1n) is 9.11. The average Bonchev–Trinajstić information content (AvgIpc) is 2.69. The summed E-state index contributed by atoms with van der Waals surface area (Å²) in [6, 6.07) is 17.1. The van der Waals surface area contributed by atoms with Gasteiger partial charge in [-0.3, -0.25) is 9.69 Å². The lowest BCUT2D eigenvalue weighted by atomic mass is 10.00. The van der Waals surface area contributed by atoms with Crippen molar-refractivity contribution in [3.8, 4) is 0 Å². The van der Waals surface area contributed by atoms with Crippen LogP contribution < -0.4 is 0 Å². The Balaban J connectivity index is 1.41. The molecular weight excluding hydrogens is 331 g/mol. The summed E-state index contributed by atoms with van der Waals surface area (Å²) in [4.78, 5) is 17.0. The van der Waals surface area contributed by atoms with Crippen LogP contribution in [0.25, 0.3) is 0 Å². The summed E-state index contributed by atoms with van der Waals surface area (Å²) in [5.74, 6) is -0.181. The predicted octanol–water partition coefficient (Wildman–Crippen LogP) is 2.65. The quantitative estimate of drug-likeness (QED) is 0.850. The van der Waals surface area contributed by atoms with Crippen molar-refractivity contribution in [2.45, 2.75) is 18.5 Å². The second-order valence-corrected chi connectivity index (χ2v) is 7.00. The van der Waals surface area contributed by atoms with Crippen molar-refractivity contribution < 1.29 is 13.9 Å². The van der Waals surface area contributed by atoms with Gasteiger partial charge >= 0.3 is 0 Å². The van der Waals surface area contributed by atoms with Crippen molar-refractivity contribution in [1.82, 2.24) is 9.80 Å². The van der Waals surface area contributed by atoms with E-state index in [-0.39, 0.29) is 23.8 Å². The lowest BCUT2D eigenvalue weighted by Crippen LogP contribution is -2.60. The molecule has 2 saturated heterocycles. The van der Waals surface area contributed by atoms with Gasteiger partial charge in [0.1, 0.15) is 5.82 Å². The Bertz CT molecular complexity index is 750. The van der Waals surface area contributed by atoms with Crippen LogP contribution in [0.4, 0.5) is 4.39 Å². The zero-order valence-electron chi connectivity index (χ0n) is 14.7. The minimum Gasteiger partial charge on any atom is -0.378 e. The average molecular weight is 354 g/mol. The second kappa shape index (κ2) is 7.56. The van der Waals surface area contributed by atoms with Gasteiger partial charge in [0.2, 0.25) is 5.91 Å². The van der Waals surface area contributed by atoms with E-state index in [1.165, 1.54) is 17.7 Å². The Morgan fingerprint density at radius 2 is 1.81 bits per heavy atom. The molecule has 136 valence electrons. The SMILES string of the molecule is O=C(Cc1ccc(F)cc1)N1CCN2[C@@H](COC[C@@H]2c2ccccc2)C1. The number of nitrogens with zero attached hydrogens (tertiary/aromatic N) is 2. The molecule has 26 heavy (non-hydrogen) atoms. The molecule has 0 unspecified atom stereocenters. The lowest BCUT2D eigenvalue weighted by molar-refractivity contribution is -0.139. The Labute approximate surface area is 153 Å². The zero-order chi connectivity index (χ0) is 17.9. The van der Waals surface area contributed by atoms with Crippen LogP contribution >= 0.6 is 0 Å². The van der Waals surface area contributed by atoms with E-state index in [1.807, 2.05) is 11.0 Å². The zero-order valence-corrected chi connectivity index (χ0v) is 14.7. The summed E-state index contributed by atoms with van der Waals surface area (Å²) in [7, 11) is 0. The van der Waals surface area contributed by atoms with E-state index < -0.39 is 0 Å². The molecule has 5 heteroatoms. The van der Waals surface area contributed by atoms with E-state index in [4.69, 9.17) is 4.74 Å². The number of hydrogen-bond donors (Lipinski definition) is 0. The third-order valence-corrected chi connectivity index (χ3v) is 5.32. The largest absolute Gasteiger partial charge is 0.378 e. The highest BCUT2D eigenvalue weighted by Crippen LogP contribution is 2.29. The molecule has 2 aromatic rings. The number of carbonyl (C=O) groups excluding carboxylic acids is 1. The van der Waals surface area contributed by atoms with E-state index in [9.17, 15) is 9.18 Å². The second-order valence-electron chi connectivity index (χ2n) is 7.00. The van der Waals surface area contributed by atoms with Crippen LogP contribution in [0.2, 0.25) is 0 Å². The van der Waals surface area contributed by atoms with Gasteiger partial charge < -0.3 is 9.64 Å². The number of carbonyl (C=O) groups is 1. The number of halogens is 1. The fourth-order valence-corrected chi connectivity index (χ4v) is 3.92. The summed E-state index contributed by atoms with van der Waals surface area (Å²) in [6.45, 7) is 3.61. The maximum absolute atomic E-state index is 13.0. The molecule has 0 saturated carbocycles. The van der Waals surface area contributed by atoms with Crippen LogP contribution in [0, 0.1) is 5.82 Å². The number of ether oxygens (including phenoxy) is 1. The summed E-state index contributed by atoms with van der Waals surface area (Å²) in [5.41, 5.74) is 2.11. The van der Waals surface area contributed by atoms with Crippen molar-refractivity contribution in [3.05, 3.63) is 71.5 Å². The first kappa shape index (κ1) is 17.2. The van der Waals surface area contributed by atoms with E-state index in [2.05, 4.69) is 29.2 Å². The summed E-state index contributed by atoms with van der Waals surface area (Å²) >= 11 is 0. The molecule has 2 atom stereocenters. The Morgan fingerprint density at radius 3 is 2.58 bits per heavy atom. The van der Waals surface area contributed by atoms with E-state index >= 15 is 0 Å². The van der Waals surface area contributed by atoms with Gasteiger partial charge in [-0.25, -0.2) is 4.39 Å². The minimum atomic E-state index is -0.277. The molecule has 4 rings (SSSR count). The van der Waals surface area contributed by atoms with Crippen molar-refractivity contribution in [1.29, 1.82) is 0 Å². The van der Waals surface area contributed by atoms with E-state index in [1.54, 1.807) is 12.1 Å². The Morgan fingerprint density at radius 1 is 1.04 bits per heavy atom. The van der Waals surface area contributed by atoms with Crippen LogP contribution in [-0.2, 0) is 16.0 Å². The fraction of sp³-hybridized carbons (Fsp3) is 0.381. The van der Waals surface area contributed by atoms with Crippen LogP contribution in [0.5, 0.6) is 0 Å². The summed E-state index contributed by atoms with van der Waals surface area (Å²) < 4.78 is 18.9. The van der Waals surface area contributed by atoms with Gasteiger partial charge in [0.05, 0.1) is 31.7 Å². The van der Waals surface area contributed by atoms with E-state index in [0.29, 0.717) is 26.2 Å². The fourth-order valence-electron chi connectivity index (χ4n) is 3.92. The van der Waals surface area contributed by atoms with Gasteiger partial charge in [-0.2, -0.15) is 0 Å². The molecule has 0 N–H and O–H groups in total. The third-order valence-electron chi connectivity index (χ3n) is 5.32. The van der Waals surface area contributed by atoms with Crippen LogP contribution in [0.3, 0.4) is 0 Å². The number of fused-ring (bicyclic) bond motifs is 1. The number of hydrogen-bond acceptors (Lipinski definition) is 3. The van der Waals surface area contributed by atoms with Crippen molar-refractivity contribution in [2.24, 2.45) is 0 Å². The Kier molecular flexibility index (Phi) is 5.00. The molecule has 2 aromatic carbocycles. The van der Waals surface area contributed by atoms with Crippen LogP contribution in [0.1, 0.15) is 17.2 Å². The lowest BCUT2D eigenvalue weighted by Gasteiger charge is -2.48. The monoisotopic (exact) mass is 354 g/mol. The highest BCUT2D eigenvalue weighted by atomic mass is 19.1. The standard InChI is InChI=1S/C21H23FN2O2/c22-18-8-6-16(7-9-18)12-21(25)23-10-11-24-19(13-23)14-26-15-20(24)17-4-2-1-3-5-17/h1-9,19-20H,10-15H2/t19-,20-/m1/s1. The summed E-state index contributed by atoms with van der Waals surface area (Å²) in [6.07, 6.45) is 0.315. The number of rotatable bonds is 3. The number of piperazine rings is 1. The van der Waals surface area contributed by atoms with Crippen molar-refractivity contribution in [2.75, 3.05) is 32.8 Å². The van der Waals surface area contributed by atoms with Gasteiger partial charge in [-0.15, -0.1) is 0 Å². The van der Waals surface area contributed by atoms with Crippen LogP contribution in [0.15, 0.2) is 54.6 Å². The molecule has 0 spiro atoms. The minimum absolute atomic E-state index is 0.0955. The van der Waals surface area contributed by atoms with Crippen molar-refractivity contribution >= 4 is 5.91 Å². The third kappa shape index (κ3) is 3.64. The summed E-state index contributed by atoms with van der Waals surface area (Å²) in [5, 5.41) is 0. The van der Waals surface area contributed by atoms with Gasteiger partial charge in [0, 0.05) is 19.6 Å². The molecule has 1 amide bonds. The molecule has 0 aromatic heterocycles. The molecule has 2 heterocycles. The maximum Gasteiger partial charge on any atom is 0.227 e. The van der Waals surface area contributed by atoms with Crippen molar-refractivity contribution in [3.63, 3.8) is 0 Å². The molecule has 0 aliphatic carbocycles. The Hall–Kier alpha value is -2.24. The number of morpholine rings is 1. The maximum atomic E-state index is 13.0. The van der Waals surface area contributed by atoms with Crippen LogP contribution in [-0.4, -0.2) is 54.6 Å². The smallest absolute Gasteiger partial charge is 0.227 e. The van der Waals surface area contributed by atoms with E-state index in [0.717, 1.165) is 18.7 Å². The normalized spacial score (nSPS) is 23.5. The number of benzene rings is 2. The topological polar surface area (TPSA) is 32.8 Å². The van der Waals surface area contributed by atoms with Gasteiger partial charge in [-0.05, 0) is 23.3 Å².